The molecule has 1 saturated carbocycles. The fraction of sp³-hybridized carbons (Fsp3) is 0.312. The van der Waals surface area contributed by atoms with E-state index in [1.165, 1.54) is 12.8 Å². The predicted octanol–water partition coefficient (Wildman–Crippen LogP) is 3.40. The highest BCUT2D eigenvalue weighted by Crippen LogP contribution is 2.40. The van der Waals surface area contributed by atoms with E-state index in [-0.39, 0.29) is 0 Å². The second kappa shape index (κ2) is 5.80. The molecule has 21 heavy (non-hydrogen) atoms. The number of rotatable bonds is 5. The first kappa shape index (κ1) is 13.4. The van der Waals surface area contributed by atoms with E-state index in [2.05, 4.69) is 26.7 Å². The Bertz CT molecular complexity index is 685. The second-order valence-electron chi connectivity index (χ2n) is 5.09. The Balaban J connectivity index is 1.92. The molecule has 1 heterocycles. The highest BCUT2D eigenvalue weighted by Gasteiger charge is 2.26. The van der Waals surface area contributed by atoms with Crippen LogP contribution in [0.2, 0.25) is 0 Å². The zero-order chi connectivity index (χ0) is 14.7. The first-order valence-electron chi connectivity index (χ1n) is 7.19. The number of aromatic nitrogens is 2. The van der Waals surface area contributed by atoms with Gasteiger partial charge in [-0.1, -0.05) is 12.1 Å². The summed E-state index contributed by atoms with van der Waals surface area (Å²) in [4.78, 5) is 9.00. The zero-order valence-corrected chi connectivity index (χ0v) is 11.9. The molecule has 0 saturated heterocycles. The molecule has 0 aliphatic heterocycles. The van der Waals surface area contributed by atoms with Gasteiger partial charge in [-0.2, -0.15) is 10.2 Å². The van der Waals surface area contributed by atoms with Crippen molar-refractivity contribution in [1.82, 2.24) is 9.97 Å². The van der Waals surface area contributed by atoms with Gasteiger partial charge in [0.2, 0.25) is 5.95 Å². The van der Waals surface area contributed by atoms with E-state index in [0.29, 0.717) is 17.4 Å². The molecule has 1 aliphatic rings. The van der Waals surface area contributed by atoms with E-state index >= 15 is 0 Å². The normalized spacial score (nSPS) is 13.5. The Kier molecular flexibility index (Phi) is 3.69. The third kappa shape index (κ3) is 3.11. The molecule has 0 amide bonds. The van der Waals surface area contributed by atoms with E-state index in [0.717, 1.165) is 23.7 Å². The summed E-state index contributed by atoms with van der Waals surface area (Å²) in [5, 5.41) is 15.5. The van der Waals surface area contributed by atoms with E-state index in [1.54, 1.807) is 6.07 Å². The maximum absolute atomic E-state index is 9.15. The van der Waals surface area contributed by atoms with Gasteiger partial charge in [0.05, 0.1) is 16.9 Å². The first-order valence-corrected chi connectivity index (χ1v) is 7.19. The average Bonchev–Trinajstić information content (AvgIpc) is 3.32. The van der Waals surface area contributed by atoms with E-state index in [1.807, 2.05) is 31.2 Å². The molecular formula is C16H17N5. The monoisotopic (exact) mass is 279 g/mol. The minimum absolute atomic E-state index is 0.553. The molecule has 0 bridgehead atoms. The number of para-hydroxylation sites is 1. The summed E-state index contributed by atoms with van der Waals surface area (Å²) >= 11 is 0. The maximum Gasteiger partial charge on any atom is 0.224 e. The van der Waals surface area contributed by atoms with Crippen molar-refractivity contribution in [2.45, 2.75) is 25.7 Å². The van der Waals surface area contributed by atoms with Crippen molar-refractivity contribution >= 4 is 17.5 Å². The lowest BCUT2D eigenvalue weighted by Gasteiger charge is -2.11. The fourth-order valence-corrected chi connectivity index (χ4v) is 2.18. The largest absolute Gasteiger partial charge is 0.354 e. The summed E-state index contributed by atoms with van der Waals surface area (Å²) in [6, 6.07) is 11.6. The van der Waals surface area contributed by atoms with E-state index in [9.17, 15) is 0 Å². The lowest BCUT2D eigenvalue weighted by atomic mass is 10.2. The molecule has 2 N–H and O–H groups in total. The molecule has 0 atom stereocenters. The smallest absolute Gasteiger partial charge is 0.224 e. The lowest BCUT2D eigenvalue weighted by Crippen LogP contribution is -2.06. The fourth-order valence-electron chi connectivity index (χ4n) is 2.18. The van der Waals surface area contributed by atoms with Crippen molar-refractivity contribution < 1.29 is 0 Å². The number of nitrogens with one attached hydrogen (secondary N) is 2. The van der Waals surface area contributed by atoms with Crippen LogP contribution in [0.25, 0.3) is 0 Å². The zero-order valence-electron chi connectivity index (χ0n) is 11.9. The second-order valence-corrected chi connectivity index (χ2v) is 5.09. The van der Waals surface area contributed by atoms with Crippen LogP contribution in [0.15, 0.2) is 30.3 Å². The van der Waals surface area contributed by atoms with Crippen molar-refractivity contribution in [1.29, 1.82) is 5.26 Å². The molecule has 3 rings (SSSR count). The van der Waals surface area contributed by atoms with Crippen LogP contribution in [0.3, 0.4) is 0 Å². The number of benzene rings is 1. The molecule has 0 unspecified atom stereocenters. The predicted molar refractivity (Wildman–Crippen MR) is 82.6 cm³/mol. The average molecular weight is 279 g/mol. The standard InChI is InChI=1S/C16H17N5/c1-2-18-16-20-14(11-7-8-11)9-15(21-16)19-13-6-4-3-5-12(13)10-17/h3-6,9,11H,2,7-8H2,1H3,(H2,18,19,20,21). The van der Waals surface area contributed by atoms with E-state index in [4.69, 9.17) is 5.26 Å². The third-order valence-corrected chi connectivity index (χ3v) is 3.39. The Hall–Kier alpha value is -2.61. The van der Waals surface area contributed by atoms with Crippen molar-refractivity contribution in [3.8, 4) is 6.07 Å². The molecule has 1 fully saturated rings. The first-order chi connectivity index (χ1) is 10.3. The summed E-state index contributed by atoms with van der Waals surface area (Å²) in [7, 11) is 0. The highest BCUT2D eigenvalue weighted by atomic mass is 15.1. The minimum Gasteiger partial charge on any atom is -0.354 e. The van der Waals surface area contributed by atoms with Gasteiger partial charge < -0.3 is 10.6 Å². The summed E-state index contributed by atoms with van der Waals surface area (Å²) in [6.45, 7) is 2.80. The van der Waals surface area contributed by atoms with Gasteiger partial charge in [-0.25, -0.2) is 4.98 Å². The quantitative estimate of drug-likeness (QED) is 0.877. The molecule has 1 aromatic heterocycles. The Morgan fingerprint density at radius 1 is 1.29 bits per heavy atom. The van der Waals surface area contributed by atoms with Crippen LogP contribution < -0.4 is 10.6 Å². The van der Waals surface area contributed by atoms with Crippen LogP contribution in [0.4, 0.5) is 17.5 Å². The van der Waals surface area contributed by atoms with Gasteiger partial charge in [0.15, 0.2) is 0 Å². The number of anilines is 3. The van der Waals surface area contributed by atoms with Gasteiger partial charge >= 0.3 is 0 Å². The molecule has 2 aromatic rings. The van der Waals surface area contributed by atoms with Crippen molar-refractivity contribution in [3.05, 3.63) is 41.6 Å². The topological polar surface area (TPSA) is 73.6 Å². The number of nitriles is 1. The molecule has 0 radical (unpaired) electrons. The van der Waals surface area contributed by atoms with Gasteiger partial charge in [-0.3, -0.25) is 0 Å². The number of hydrogen-bond acceptors (Lipinski definition) is 5. The van der Waals surface area contributed by atoms with E-state index < -0.39 is 0 Å². The molecular weight excluding hydrogens is 262 g/mol. The van der Waals surface area contributed by atoms with Gasteiger partial charge in [0.1, 0.15) is 11.9 Å². The van der Waals surface area contributed by atoms with Crippen molar-refractivity contribution in [3.63, 3.8) is 0 Å². The van der Waals surface area contributed by atoms with Crippen molar-refractivity contribution in [2.24, 2.45) is 0 Å². The Morgan fingerprint density at radius 3 is 2.81 bits per heavy atom. The van der Waals surface area contributed by atoms with Crippen LogP contribution in [0.1, 0.15) is 36.9 Å². The molecule has 5 heteroatoms. The van der Waals surface area contributed by atoms with Crippen LogP contribution in [0.5, 0.6) is 0 Å². The molecule has 106 valence electrons. The third-order valence-electron chi connectivity index (χ3n) is 3.39. The van der Waals surface area contributed by atoms with Gasteiger partial charge in [0, 0.05) is 18.5 Å². The lowest BCUT2D eigenvalue weighted by molar-refractivity contribution is 0.978. The SMILES string of the molecule is CCNc1nc(Nc2ccccc2C#N)cc(C2CC2)n1. The molecule has 0 spiro atoms. The molecule has 5 nitrogen and oxygen atoms in total. The molecule has 1 aliphatic carbocycles. The Morgan fingerprint density at radius 2 is 2.10 bits per heavy atom. The summed E-state index contributed by atoms with van der Waals surface area (Å²) in [5.74, 6) is 1.92. The summed E-state index contributed by atoms with van der Waals surface area (Å²) < 4.78 is 0. The maximum atomic E-state index is 9.15. The van der Waals surface area contributed by atoms with Crippen molar-refractivity contribution in [2.75, 3.05) is 17.2 Å². The molecule has 1 aromatic carbocycles. The summed E-state index contributed by atoms with van der Waals surface area (Å²) in [6.07, 6.45) is 2.38. The summed E-state index contributed by atoms with van der Waals surface area (Å²) in [5.41, 5.74) is 2.44. The van der Waals surface area contributed by atoms with Gasteiger partial charge in [-0.15, -0.1) is 0 Å². The highest BCUT2D eigenvalue weighted by molar-refractivity contribution is 5.65. The van der Waals surface area contributed by atoms with Gasteiger partial charge in [0.25, 0.3) is 0 Å². The van der Waals surface area contributed by atoms with Crippen LogP contribution in [0, 0.1) is 11.3 Å². The number of hydrogen-bond donors (Lipinski definition) is 2. The minimum atomic E-state index is 0.553. The van der Waals surface area contributed by atoms with Gasteiger partial charge in [-0.05, 0) is 31.9 Å². The Labute approximate surface area is 124 Å². The van der Waals surface area contributed by atoms with Crippen LogP contribution in [-0.4, -0.2) is 16.5 Å². The van der Waals surface area contributed by atoms with Crippen LogP contribution >= 0.6 is 0 Å². The van der Waals surface area contributed by atoms with Crippen LogP contribution in [-0.2, 0) is 0 Å². The number of nitrogens with zero attached hydrogens (tertiary/aromatic N) is 3.